The van der Waals surface area contributed by atoms with Gasteiger partial charge in [-0.15, -0.1) is 0 Å². The Morgan fingerprint density at radius 3 is 1.92 bits per heavy atom. The summed E-state index contributed by atoms with van der Waals surface area (Å²) in [6.07, 6.45) is 0.463. The molecule has 0 aliphatic heterocycles. The van der Waals surface area contributed by atoms with E-state index in [4.69, 9.17) is 4.74 Å². The second-order valence-corrected chi connectivity index (χ2v) is 8.35. The van der Waals surface area contributed by atoms with Crippen LogP contribution in [0.25, 0.3) is 0 Å². The lowest BCUT2D eigenvalue weighted by Gasteiger charge is -2.32. The topological polar surface area (TPSA) is 72.5 Å². The molecule has 0 aromatic carbocycles. The van der Waals surface area contributed by atoms with E-state index < -0.39 is 11.0 Å². The number of amides is 1. The average Bonchev–Trinajstić information content (AvgIpc) is 2.47. The maximum atomic E-state index is 12.2. The third-order valence-electron chi connectivity index (χ3n) is 3.97. The molecule has 140 valence electrons. The first-order valence-corrected chi connectivity index (χ1v) is 8.76. The van der Waals surface area contributed by atoms with Gasteiger partial charge in [0, 0.05) is 36.6 Å². The van der Waals surface area contributed by atoms with Crippen molar-refractivity contribution in [2.24, 2.45) is 17.3 Å². The minimum atomic E-state index is -0.577. The van der Waals surface area contributed by atoms with E-state index >= 15 is 0 Å². The number of rotatable bonds is 11. The molecule has 0 aromatic rings. The Hall–Kier alpha value is -1.23. The molecule has 0 bridgehead atoms. The molecule has 0 radical (unpaired) electrons. The van der Waals surface area contributed by atoms with Crippen LogP contribution in [0.4, 0.5) is 0 Å². The highest BCUT2D eigenvalue weighted by atomic mass is 16.5. The number of ether oxygens (including phenoxy) is 1. The second kappa shape index (κ2) is 9.30. The number of Topliss-reactive ketones (excluding diaryl/α,β-unsaturated/α-hetero) is 2. The van der Waals surface area contributed by atoms with Gasteiger partial charge in [-0.1, -0.05) is 41.5 Å². The van der Waals surface area contributed by atoms with Crippen LogP contribution < -0.4 is 5.32 Å². The maximum absolute atomic E-state index is 12.2. The summed E-state index contributed by atoms with van der Waals surface area (Å²) in [6.45, 7) is 15.6. The highest BCUT2D eigenvalue weighted by molar-refractivity contribution is 5.86. The van der Waals surface area contributed by atoms with Crippen LogP contribution in [0.2, 0.25) is 0 Å². The van der Waals surface area contributed by atoms with E-state index in [1.807, 2.05) is 55.4 Å². The molecule has 5 heteroatoms. The van der Waals surface area contributed by atoms with Gasteiger partial charge in [0.2, 0.25) is 5.91 Å². The highest BCUT2D eigenvalue weighted by Crippen LogP contribution is 2.24. The van der Waals surface area contributed by atoms with Crippen LogP contribution in [0, 0.1) is 17.3 Å². The number of ketones is 2. The van der Waals surface area contributed by atoms with Gasteiger partial charge in [0.1, 0.15) is 11.6 Å². The Bertz CT molecular complexity index is 450. The van der Waals surface area contributed by atoms with E-state index in [2.05, 4.69) is 5.32 Å². The quantitative estimate of drug-likeness (QED) is 0.626. The molecule has 1 N–H and O–H groups in total. The van der Waals surface area contributed by atoms with Gasteiger partial charge in [0.05, 0.1) is 12.2 Å². The van der Waals surface area contributed by atoms with Crippen molar-refractivity contribution in [3.63, 3.8) is 0 Å². The van der Waals surface area contributed by atoms with Crippen LogP contribution in [0.3, 0.4) is 0 Å². The van der Waals surface area contributed by atoms with Gasteiger partial charge in [-0.05, 0) is 13.8 Å². The van der Waals surface area contributed by atoms with Gasteiger partial charge < -0.3 is 10.1 Å². The van der Waals surface area contributed by atoms with Crippen LogP contribution in [-0.4, -0.2) is 36.2 Å². The fourth-order valence-electron chi connectivity index (χ4n) is 2.20. The molecule has 0 atom stereocenters. The van der Waals surface area contributed by atoms with E-state index in [0.29, 0.717) is 13.2 Å². The predicted octanol–water partition coefficient (Wildman–Crippen LogP) is 3.15. The first kappa shape index (κ1) is 22.8. The van der Waals surface area contributed by atoms with Gasteiger partial charge >= 0.3 is 0 Å². The molecule has 0 aliphatic carbocycles. The summed E-state index contributed by atoms with van der Waals surface area (Å²) in [6, 6.07) is 0. The zero-order valence-corrected chi connectivity index (χ0v) is 16.6. The van der Waals surface area contributed by atoms with Crippen molar-refractivity contribution in [3.05, 3.63) is 0 Å². The average molecular weight is 341 g/mol. The fraction of sp³-hybridized carbons (Fsp3) is 0.842. The lowest BCUT2D eigenvalue weighted by atomic mass is 9.83. The summed E-state index contributed by atoms with van der Waals surface area (Å²) in [4.78, 5) is 35.6. The van der Waals surface area contributed by atoms with Gasteiger partial charge in [-0.2, -0.15) is 0 Å². The summed E-state index contributed by atoms with van der Waals surface area (Å²) < 4.78 is 5.88. The van der Waals surface area contributed by atoms with Gasteiger partial charge in [0.25, 0.3) is 0 Å². The molecule has 0 saturated carbocycles. The molecule has 0 aromatic heterocycles. The number of carbonyl (C=O) groups is 3. The van der Waals surface area contributed by atoms with E-state index in [0.717, 1.165) is 0 Å². The minimum Gasteiger partial charge on any atom is -0.373 e. The Morgan fingerprint density at radius 1 is 0.917 bits per heavy atom. The normalized spacial score (nSPS) is 12.6. The molecule has 0 unspecified atom stereocenters. The Balaban J connectivity index is 4.33. The largest absolute Gasteiger partial charge is 0.373 e. The fourth-order valence-corrected chi connectivity index (χ4v) is 2.20. The molecule has 0 saturated heterocycles. The second-order valence-electron chi connectivity index (χ2n) is 8.35. The zero-order chi connectivity index (χ0) is 19.1. The van der Waals surface area contributed by atoms with Crippen LogP contribution in [0.1, 0.15) is 68.2 Å². The van der Waals surface area contributed by atoms with E-state index in [-0.39, 0.29) is 42.2 Å². The number of nitrogens with one attached hydrogen (secondary N) is 1. The molecule has 24 heavy (non-hydrogen) atoms. The monoisotopic (exact) mass is 341 g/mol. The third-order valence-corrected chi connectivity index (χ3v) is 3.97. The summed E-state index contributed by atoms with van der Waals surface area (Å²) in [5.74, 6) is 0.0190. The van der Waals surface area contributed by atoms with Crippen LogP contribution in [0.5, 0.6) is 0 Å². The summed E-state index contributed by atoms with van der Waals surface area (Å²) in [5.41, 5.74) is -1.13. The van der Waals surface area contributed by atoms with E-state index in [1.165, 1.54) is 0 Å². The van der Waals surface area contributed by atoms with Crippen molar-refractivity contribution >= 4 is 17.5 Å². The summed E-state index contributed by atoms with van der Waals surface area (Å²) >= 11 is 0. The van der Waals surface area contributed by atoms with Crippen molar-refractivity contribution in [2.75, 3.05) is 13.2 Å². The minimum absolute atomic E-state index is 0.0371. The molecule has 0 rings (SSSR count). The van der Waals surface area contributed by atoms with Crippen LogP contribution in [-0.2, 0) is 19.1 Å². The Kier molecular flexibility index (Phi) is 8.83. The predicted molar refractivity (Wildman–Crippen MR) is 95.7 cm³/mol. The number of hydrogen-bond donors (Lipinski definition) is 1. The Morgan fingerprint density at radius 2 is 1.46 bits per heavy atom. The highest BCUT2D eigenvalue weighted by Gasteiger charge is 2.32. The van der Waals surface area contributed by atoms with Crippen molar-refractivity contribution in [1.82, 2.24) is 5.32 Å². The molecule has 0 fully saturated rings. The molecule has 5 nitrogen and oxygen atoms in total. The summed E-state index contributed by atoms with van der Waals surface area (Å²) in [5, 5.41) is 2.80. The van der Waals surface area contributed by atoms with E-state index in [1.54, 1.807) is 0 Å². The van der Waals surface area contributed by atoms with E-state index in [9.17, 15) is 14.4 Å². The van der Waals surface area contributed by atoms with Gasteiger partial charge in [-0.25, -0.2) is 0 Å². The standard InChI is InChI=1S/C19H35NO4/c1-13(2)15(21)9-10-16(22)20-11-19(7,8)24-12-18(5,6)17(23)14(3)4/h13-14H,9-12H2,1-8H3,(H,20,22). The molecule has 1 amide bonds. The molecule has 0 spiro atoms. The SMILES string of the molecule is CC(C)C(=O)CCC(=O)NCC(C)(C)OCC(C)(C)C(=O)C(C)C. The van der Waals surface area contributed by atoms with Gasteiger partial charge in [0.15, 0.2) is 0 Å². The first-order valence-electron chi connectivity index (χ1n) is 8.76. The van der Waals surface area contributed by atoms with Crippen LogP contribution in [0.15, 0.2) is 0 Å². The smallest absolute Gasteiger partial charge is 0.220 e. The molecular formula is C19H35NO4. The molecule has 0 heterocycles. The number of carbonyl (C=O) groups excluding carboxylic acids is 3. The van der Waals surface area contributed by atoms with Crippen molar-refractivity contribution in [3.8, 4) is 0 Å². The van der Waals surface area contributed by atoms with Crippen LogP contribution >= 0.6 is 0 Å². The van der Waals surface area contributed by atoms with Crippen molar-refractivity contribution in [2.45, 2.75) is 73.8 Å². The first-order chi connectivity index (χ1) is 10.8. The third kappa shape index (κ3) is 8.57. The van der Waals surface area contributed by atoms with Gasteiger partial charge in [-0.3, -0.25) is 14.4 Å². The summed E-state index contributed by atoms with van der Waals surface area (Å²) in [7, 11) is 0. The Labute approximate surface area is 146 Å². The van der Waals surface area contributed by atoms with Crippen molar-refractivity contribution < 1.29 is 19.1 Å². The maximum Gasteiger partial charge on any atom is 0.220 e. The molecular weight excluding hydrogens is 306 g/mol. The van der Waals surface area contributed by atoms with Crippen molar-refractivity contribution in [1.29, 1.82) is 0 Å². The number of hydrogen-bond acceptors (Lipinski definition) is 4. The lowest BCUT2D eigenvalue weighted by Crippen LogP contribution is -2.44. The lowest BCUT2D eigenvalue weighted by molar-refractivity contribution is -0.138. The zero-order valence-electron chi connectivity index (χ0n) is 16.6. The molecule has 0 aliphatic rings.